The summed E-state index contributed by atoms with van der Waals surface area (Å²) in [5, 5.41) is 10.8. The Bertz CT molecular complexity index is 534. The Labute approximate surface area is 111 Å². The Morgan fingerprint density at radius 3 is 2.78 bits per heavy atom. The van der Waals surface area contributed by atoms with Crippen LogP contribution in [-0.4, -0.2) is 12.2 Å². The summed E-state index contributed by atoms with van der Waals surface area (Å²) in [7, 11) is 1.59. The van der Waals surface area contributed by atoms with Gasteiger partial charge in [-0.2, -0.15) is 0 Å². The van der Waals surface area contributed by atoms with Crippen molar-refractivity contribution < 1.29 is 14.3 Å². The van der Waals surface area contributed by atoms with Gasteiger partial charge in [0.2, 0.25) is 0 Å². The van der Waals surface area contributed by atoms with Gasteiger partial charge in [-0.25, -0.2) is 0 Å². The molecule has 0 aliphatic rings. The van der Waals surface area contributed by atoms with E-state index in [1.165, 1.54) is 0 Å². The lowest BCUT2D eigenvalue weighted by Crippen LogP contribution is -2.03. The summed E-state index contributed by atoms with van der Waals surface area (Å²) in [5.74, 6) is 1.29. The van der Waals surface area contributed by atoms with Gasteiger partial charge in [-0.15, -0.1) is 0 Å². The number of rotatable bonds is 4. The number of benzene rings is 1. The average molecular weight is 267 g/mol. The lowest BCUT2D eigenvalue weighted by Gasteiger charge is -2.13. The highest BCUT2D eigenvalue weighted by molar-refractivity contribution is 6.30. The number of aliphatic hydroxyl groups excluding tert-OH is 1. The first kappa shape index (κ1) is 13.0. The molecule has 0 saturated heterocycles. The zero-order valence-corrected chi connectivity index (χ0v) is 11.1. The molecule has 0 fully saturated rings. The van der Waals surface area contributed by atoms with Gasteiger partial charge in [0, 0.05) is 11.4 Å². The minimum Gasteiger partial charge on any atom is -0.496 e. The summed E-state index contributed by atoms with van der Waals surface area (Å²) in [6.45, 7) is 1.90. The highest BCUT2D eigenvalue weighted by Gasteiger charge is 2.17. The van der Waals surface area contributed by atoms with Crippen LogP contribution in [0, 0.1) is 6.92 Å². The molecule has 2 aromatic rings. The van der Waals surface area contributed by atoms with Crippen LogP contribution in [-0.2, 0) is 6.42 Å². The van der Waals surface area contributed by atoms with E-state index < -0.39 is 6.10 Å². The van der Waals surface area contributed by atoms with Crippen LogP contribution in [0.5, 0.6) is 5.75 Å². The second-order valence-electron chi connectivity index (χ2n) is 4.14. The first-order chi connectivity index (χ1) is 8.61. The smallest absolute Gasteiger partial charge is 0.135 e. The molecule has 4 heteroatoms. The van der Waals surface area contributed by atoms with E-state index in [2.05, 4.69) is 0 Å². The van der Waals surface area contributed by atoms with Gasteiger partial charge in [0.25, 0.3) is 0 Å². The minimum absolute atomic E-state index is 0.401. The molecule has 1 aromatic carbocycles. The van der Waals surface area contributed by atoms with E-state index in [1.54, 1.807) is 31.6 Å². The number of aliphatic hydroxyl groups is 1. The fourth-order valence-electron chi connectivity index (χ4n) is 1.93. The summed E-state index contributed by atoms with van der Waals surface area (Å²) in [6, 6.07) is 7.17. The van der Waals surface area contributed by atoms with Crippen LogP contribution in [0.25, 0.3) is 0 Å². The molecule has 1 atom stereocenters. The van der Waals surface area contributed by atoms with E-state index >= 15 is 0 Å². The van der Waals surface area contributed by atoms with Crippen LogP contribution in [0.15, 0.2) is 34.9 Å². The third-order valence-corrected chi connectivity index (χ3v) is 3.10. The average Bonchev–Trinajstić information content (AvgIpc) is 2.76. The predicted molar refractivity (Wildman–Crippen MR) is 70.1 cm³/mol. The molecular formula is C14H15ClO3. The van der Waals surface area contributed by atoms with Crippen molar-refractivity contribution in [3.8, 4) is 5.75 Å². The van der Waals surface area contributed by atoms with Crippen LogP contribution in [0.2, 0.25) is 5.02 Å². The second kappa shape index (κ2) is 5.46. The van der Waals surface area contributed by atoms with Gasteiger partial charge in [0.15, 0.2) is 0 Å². The maximum absolute atomic E-state index is 10.2. The summed E-state index contributed by atoms with van der Waals surface area (Å²) in [5.41, 5.74) is 1.79. The quantitative estimate of drug-likeness (QED) is 0.921. The van der Waals surface area contributed by atoms with Gasteiger partial charge in [-0.05, 0) is 42.3 Å². The lowest BCUT2D eigenvalue weighted by molar-refractivity contribution is 0.148. The van der Waals surface area contributed by atoms with Crippen molar-refractivity contribution in [2.45, 2.75) is 19.4 Å². The van der Waals surface area contributed by atoms with Gasteiger partial charge >= 0.3 is 0 Å². The Kier molecular flexibility index (Phi) is 3.94. The second-order valence-corrected chi connectivity index (χ2v) is 4.58. The molecule has 1 heterocycles. The molecule has 18 heavy (non-hydrogen) atoms. The molecule has 0 radical (unpaired) electrons. The molecule has 0 aliphatic heterocycles. The maximum Gasteiger partial charge on any atom is 0.135 e. The van der Waals surface area contributed by atoms with E-state index in [0.29, 0.717) is 23.0 Å². The van der Waals surface area contributed by atoms with Gasteiger partial charge in [0.05, 0.1) is 13.4 Å². The largest absolute Gasteiger partial charge is 0.496 e. The standard InChI is InChI=1S/C14H15ClO3/c1-9-5-6-18-14(9)12(16)8-10-7-11(15)3-4-13(10)17-2/h3-7,12,16H,8H2,1-2H3. The van der Waals surface area contributed by atoms with Crippen molar-refractivity contribution in [3.05, 3.63) is 52.4 Å². The Morgan fingerprint density at radius 1 is 1.39 bits per heavy atom. The predicted octanol–water partition coefficient (Wildman–Crippen LogP) is 3.53. The van der Waals surface area contributed by atoms with Crippen molar-refractivity contribution in [2.75, 3.05) is 7.11 Å². The molecule has 96 valence electrons. The number of hydrogen-bond donors (Lipinski definition) is 1. The van der Waals surface area contributed by atoms with E-state index in [9.17, 15) is 5.11 Å². The van der Waals surface area contributed by atoms with E-state index in [4.69, 9.17) is 20.8 Å². The first-order valence-electron chi connectivity index (χ1n) is 5.66. The number of methoxy groups -OCH3 is 1. The van der Waals surface area contributed by atoms with E-state index in [1.807, 2.05) is 13.0 Å². The molecule has 0 bridgehead atoms. The van der Waals surface area contributed by atoms with Gasteiger partial charge in [-0.3, -0.25) is 0 Å². The Balaban J connectivity index is 2.23. The first-order valence-corrected chi connectivity index (χ1v) is 6.04. The Morgan fingerprint density at radius 2 is 2.17 bits per heavy atom. The monoisotopic (exact) mass is 266 g/mol. The number of ether oxygens (including phenoxy) is 1. The lowest BCUT2D eigenvalue weighted by atomic mass is 10.0. The Hall–Kier alpha value is -1.45. The highest BCUT2D eigenvalue weighted by atomic mass is 35.5. The fraction of sp³-hybridized carbons (Fsp3) is 0.286. The van der Waals surface area contributed by atoms with Crippen molar-refractivity contribution >= 4 is 11.6 Å². The zero-order chi connectivity index (χ0) is 13.1. The zero-order valence-electron chi connectivity index (χ0n) is 10.3. The van der Waals surface area contributed by atoms with Crippen molar-refractivity contribution in [3.63, 3.8) is 0 Å². The third kappa shape index (κ3) is 2.68. The van der Waals surface area contributed by atoms with Crippen molar-refractivity contribution in [1.29, 1.82) is 0 Å². The maximum atomic E-state index is 10.2. The molecule has 1 N–H and O–H groups in total. The van der Waals surface area contributed by atoms with Gasteiger partial charge < -0.3 is 14.3 Å². The van der Waals surface area contributed by atoms with Crippen molar-refractivity contribution in [2.24, 2.45) is 0 Å². The van der Waals surface area contributed by atoms with Gasteiger partial charge in [-0.1, -0.05) is 11.6 Å². The molecule has 2 rings (SSSR count). The van der Waals surface area contributed by atoms with Crippen LogP contribution in [0.1, 0.15) is 23.0 Å². The normalized spacial score (nSPS) is 12.4. The third-order valence-electron chi connectivity index (χ3n) is 2.86. The number of hydrogen-bond acceptors (Lipinski definition) is 3. The summed E-state index contributed by atoms with van der Waals surface area (Å²) in [4.78, 5) is 0. The minimum atomic E-state index is -0.702. The molecule has 0 aliphatic carbocycles. The van der Waals surface area contributed by atoms with E-state index in [-0.39, 0.29) is 0 Å². The molecule has 0 amide bonds. The highest BCUT2D eigenvalue weighted by Crippen LogP contribution is 2.29. The SMILES string of the molecule is COc1ccc(Cl)cc1CC(O)c1occc1C. The summed E-state index contributed by atoms with van der Waals surface area (Å²) >= 11 is 5.95. The van der Waals surface area contributed by atoms with Crippen LogP contribution >= 0.6 is 11.6 Å². The molecular weight excluding hydrogens is 252 g/mol. The summed E-state index contributed by atoms with van der Waals surface area (Å²) in [6.07, 6.45) is 1.27. The molecule has 1 aromatic heterocycles. The number of halogens is 1. The molecule has 3 nitrogen and oxygen atoms in total. The molecule has 0 spiro atoms. The van der Waals surface area contributed by atoms with Gasteiger partial charge in [0.1, 0.15) is 17.6 Å². The summed E-state index contributed by atoms with van der Waals surface area (Å²) < 4.78 is 10.5. The topological polar surface area (TPSA) is 42.6 Å². The van der Waals surface area contributed by atoms with Crippen LogP contribution in [0.4, 0.5) is 0 Å². The van der Waals surface area contributed by atoms with E-state index in [0.717, 1.165) is 11.1 Å². The van der Waals surface area contributed by atoms with Crippen LogP contribution < -0.4 is 4.74 Å². The molecule has 0 saturated carbocycles. The fourth-order valence-corrected chi connectivity index (χ4v) is 2.13. The van der Waals surface area contributed by atoms with Crippen LogP contribution in [0.3, 0.4) is 0 Å². The van der Waals surface area contributed by atoms with Crippen molar-refractivity contribution in [1.82, 2.24) is 0 Å². The molecule has 1 unspecified atom stereocenters. The number of furan rings is 1. The number of aryl methyl sites for hydroxylation is 1.